The van der Waals surface area contributed by atoms with Crippen molar-refractivity contribution in [3.8, 4) is 0 Å². The van der Waals surface area contributed by atoms with Crippen LogP contribution in [-0.4, -0.2) is 36.6 Å². The highest BCUT2D eigenvalue weighted by Gasteiger charge is 2.14. The molecule has 0 aromatic heterocycles. The topological polar surface area (TPSA) is 36.4 Å². The van der Waals surface area contributed by atoms with Gasteiger partial charge in [-0.05, 0) is 25.0 Å². The molecule has 0 aromatic rings. The molecule has 2 rings (SSSR count). The first-order chi connectivity index (χ1) is 6.95. The first-order valence-electron chi connectivity index (χ1n) is 5.59. The number of halogens is 1. The number of hydrogen-bond acceptors (Lipinski definition) is 4. The van der Waals surface area contributed by atoms with Gasteiger partial charge in [0.15, 0.2) is 5.96 Å². The molecule has 0 saturated carbocycles. The van der Waals surface area contributed by atoms with Gasteiger partial charge >= 0.3 is 0 Å². The van der Waals surface area contributed by atoms with E-state index in [2.05, 4.69) is 27.4 Å². The van der Waals surface area contributed by atoms with Crippen molar-refractivity contribution in [2.45, 2.75) is 30.9 Å². The van der Waals surface area contributed by atoms with Gasteiger partial charge in [-0.2, -0.15) is 11.8 Å². The van der Waals surface area contributed by atoms with Crippen molar-refractivity contribution in [2.75, 3.05) is 25.4 Å². The fraction of sp³-hybridized carbons (Fsp3) is 0.900. The number of rotatable bonds is 2. The summed E-state index contributed by atoms with van der Waals surface area (Å²) in [6, 6.07) is 0. The smallest absolute Gasteiger partial charge is 0.191 e. The van der Waals surface area contributed by atoms with E-state index in [1.807, 2.05) is 0 Å². The molecule has 2 aliphatic heterocycles. The third kappa shape index (κ3) is 4.80. The number of aliphatic imine (C=N–C) groups is 1. The van der Waals surface area contributed by atoms with Gasteiger partial charge in [0.1, 0.15) is 0 Å². The number of thioether (sulfide) groups is 1. The van der Waals surface area contributed by atoms with E-state index in [4.69, 9.17) is 0 Å². The van der Waals surface area contributed by atoms with Crippen molar-refractivity contribution in [3.05, 3.63) is 0 Å². The van der Waals surface area contributed by atoms with Crippen LogP contribution in [-0.2, 0) is 0 Å². The van der Waals surface area contributed by atoms with Crippen molar-refractivity contribution < 1.29 is 0 Å². The molecule has 3 nitrogen and oxygen atoms in total. The van der Waals surface area contributed by atoms with Crippen LogP contribution in [0.25, 0.3) is 0 Å². The molecule has 2 aliphatic rings. The van der Waals surface area contributed by atoms with Crippen LogP contribution in [0.4, 0.5) is 0 Å². The monoisotopic (exact) mass is 341 g/mol. The number of guanidine groups is 1. The van der Waals surface area contributed by atoms with Gasteiger partial charge in [-0.1, -0.05) is 6.42 Å². The second-order valence-corrected chi connectivity index (χ2v) is 5.29. The minimum atomic E-state index is 0. The maximum Gasteiger partial charge on any atom is 0.191 e. The first kappa shape index (κ1) is 13.4. The predicted octanol–water partition coefficient (Wildman–Crippen LogP) is 1.83. The Morgan fingerprint density at radius 2 is 2.33 bits per heavy atom. The van der Waals surface area contributed by atoms with Crippen molar-refractivity contribution >= 4 is 41.7 Å². The van der Waals surface area contributed by atoms with E-state index in [9.17, 15) is 0 Å². The van der Waals surface area contributed by atoms with E-state index in [0.717, 1.165) is 30.8 Å². The summed E-state index contributed by atoms with van der Waals surface area (Å²) in [7, 11) is 0. The third-order valence-electron chi connectivity index (χ3n) is 2.67. The lowest BCUT2D eigenvalue weighted by Gasteiger charge is -2.23. The Morgan fingerprint density at radius 1 is 1.40 bits per heavy atom. The average Bonchev–Trinajstić information content (AvgIpc) is 2.29. The van der Waals surface area contributed by atoms with Gasteiger partial charge in [0.25, 0.3) is 0 Å². The van der Waals surface area contributed by atoms with E-state index >= 15 is 0 Å². The van der Waals surface area contributed by atoms with E-state index in [0.29, 0.717) is 0 Å². The minimum Gasteiger partial charge on any atom is -0.356 e. The largest absolute Gasteiger partial charge is 0.356 e. The molecule has 1 atom stereocenters. The van der Waals surface area contributed by atoms with Crippen molar-refractivity contribution in [1.29, 1.82) is 0 Å². The van der Waals surface area contributed by atoms with E-state index in [-0.39, 0.29) is 24.0 Å². The Morgan fingerprint density at radius 3 is 3.00 bits per heavy atom. The highest BCUT2D eigenvalue weighted by molar-refractivity contribution is 14.0. The molecular formula is C10H20IN3S. The Bertz CT molecular complexity index is 205. The molecule has 0 aliphatic carbocycles. The van der Waals surface area contributed by atoms with Crippen LogP contribution in [0.2, 0.25) is 0 Å². The quantitative estimate of drug-likeness (QED) is 0.753. The highest BCUT2D eigenvalue weighted by Crippen LogP contribution is 2.24. The highest BCUT2D eigenvalue weighted by atomic mass is 127. The second-order valence-electron chi connectivity index (χ2n) is 3.88. The lowest BCUT2D eigenvalue weighted by Crippen LogP contribution is -2.43. The molecule has 0 aromatic carbocycles. The molecule has 1 saturated heterocycles. The minimum absolute atomic E-state index is 0. The summed E-state index contributed by atoms with van der Waals surface area (Å²) < 4.78 is 0. The van der Waals surface area contributed by atoms with Crippen molar-refractivity contribution in [1.82, 2.24) is 10.6 Å². The molecule has 1 unspecified atom stereocenters. The van der Waals surface area contributed by atoms with E-state index in [1.54, 1.807) is 0 Å². The second kappa shape index (κ2) is 7.60. The number of nitrogens with zero attached hydrogens (tertiary/aromatic N) is 1. The van der Waals surface area contributed by atoms with Gasteiger partial charge in [-0.25, -0.2) is 0 Å². The lowest BCUT2D eigenvalue weighted by atomic mass is 10.2. The molecule has 0 bridgehead atoms. The van der Waals surface area contributed by atoms with Crippen LogP contribution in [0.1, 0.15) is 25.7 Å². The van der Waals surface area contributed by atoms with Gasteiger partial charge in [0.05, 0.1) is 0 Å². The zero-order valence-electron chi connectivity index (χ0n) is 9.00. The molecule has 15 heavy (non-hydrogen) atoms. The molecule has 0 spiro atoms. The Labute approximate surface area is 113 Å². The number of nitrogens with one attached hydrogen (secondary N) is 2. The number of hydrogen-bond donors (Lipinski definition) is 2. The van der Waals surface area contributed by atoms with Crippen LogP contribution < -0.4 is 10.6 Å². The summed E-state index contributed by atoms with van der Waals surface area (Å²) in [6.45, 7) is 3.13. The molecule has 88 valence electrons. The SMILES string of the molecule is C1CN=C(NCC2CCCCS2)NC1.I. The zero-order chi connectivity index (χ0) is 9.64. The van der Waals surface area contributed by atoms with Crippen molar-refractivity contribution in [3.63, 3.8) is 0 Å². The predicted molar refractivity (Wildman–Crippen MR) is 78.4 cm³/mol. The summed E-state index contributed by atoms with van der Waals surface area (Å²) in [5.74, 6) is 2.36. The summed E-state index contributed by atoms with van der Waals surface area (Å²) in [6.07, 6.45) is 5.34. The fourth-order valence-corrected chi connectivity index (χ4v) is 3.07. The standard InChI is InChI=1S/C10H19N3S.HI/c1-2-7-14-9(4-1)8-13-10-11-5-3-6-12-10;/h9H,1-8H2,(H2,11,12,13);1H. The first-order valence-corrected chi connectivity index (χ1v) is 6.64. The fourth-order valence-electron chi connectivity index (χ4n) is 1.83. The van der Waals surface area contributed by atoms with Crippen LogP contribution in [0.3, 0.4) is 0 Å². The molecule has 2 N–H and O–H groups in total. The van der Waals surface area contributed by atoms with E-state index in [1.165, 1.54) is 31.4 Å². The van der Waals surface area contributed by atoms with Crippen molar-refractivity contribution in [2.24, 2.45) is 4.99 Å². The van der Waals surface area contributed by atoms with Crippen LogP contribution >= 0.6 is 35.7 Å². The lowest BCUT2D eigenvalue weighted by molar-refractivity contribution is 0.633. The molecule has 0 radical (unpaired) electrons. The van der Waals surface area contributed by atoms with E-state index < -0.39 is 0 Å². The summed E-state index contributed by atoms with van der Waals surface area (Å²) >= 11 is 2.11. The van der Waals surface area contributed by atoms with Gasteiger partial charge in [0, 0.05) is 24.9 Å². The van der Waals surface area contributed by atoms with Crippen LogP contribution in [0.15, 0.2) is 4.99 Å². The van der Waals surface area contributed by atoms with Gasteiger partial charge in [0.2, 0.25) is 0 Å². The molecule has 5 heteroatoms. The molecule has 2 heterocycles. The zero-order valence-corrected chi connectivity index (χ0v) is 12.1. The third-order valence-corrected chi connectivity index (χ3v) is 4.07. The van der Waals surface area contributed by atoms with Gasteiger partial charge in [-0.3, -0.25) is 4.99 Å². The summed E-state index contributed by atoms with van der Waals surface area (Å²) in [5.41, 5.74) is 0. The summed E-state index contributed by atoms with van der Waals surface area (Å²) in [4.78, 5) is 4.40. The molecule has 1 fully saturated rings. The van der Waals surface area contributed by atoms with Gasteiger partial charge < -0.3 is 10.6 Å². The maximum absolute atomic E-state index is 4.40. The average molecular weight is 341 g/mol. The molecular weight excluding hydrogens is 321 g/mol. The normalized spacial score (nSPS) is 25.9. The molecule has 0 amide bonds. The Kier molecular flexibility index (Phi) is 6.79. The Balaban J connectivity index is 0.00000112. The maximum atomic E-state index is 4.40. The summed E-state index contributed by atoms with van der Waals surface area (Å²) in [5, 5.41) is 7.50. The van der Waals surface area contributed by atoms with Gasteiger partial charge in [-0.15, -0.1) is 24.0 Å². The van der Waals surface area contributed by atoms with Crippen LogP contribution in [0, 0.1) is 0 Å². The van der Waals surface area contributed by atoms with Crippen LogP contribution in [0.5, 0.6) is 0 Å². The Hall–Kier alpha value is 0.350.